The van der Waals surface area contributed by atoms with Crippen molar-refractivity contribution in [1.29, 1.82) is 0 Å². The van der Waals surface area contributed by atoms with Gasteiger partial charge in [0.1, 0.15) is 17.9 Å². The van der Waals surface area contributed by atoms with Gasteiger partial charge in [-0.1, -0.05) is 0 Å². The number of hydrogen-bond donors (Lipinski definition) is 2. The summed E-state index contributed by atoms with van der Waals surface area (Å²) in [5.41, 5.74) is 3.48. The van der Waals surface area contributed by atoms with Gasteiger partial charge in [-0.2, -0.15) is 5.10 Å². The average molecular weight is 556 g/mol. The Labute approximate surface area is 226 Å². The Morgan fingerprint density at radius 3 is 2.69 bits per heavy atom. The summed E-state index contributed by atoms with van der Waals surface area (Å²) in [7, 11) is -3.27. The summed E-state index contributed by atoms with van der Waals surface area (Å²) < 4.78 is 37.2. The minimum Gasteiger partial charge on any atom is -0.491 e. The summed E-state index contributed by atoms with van der Waals surface area (Å²) in [6.07, 6.45) is 4.88. The van der Waals surface area contributed by atoms with Gasteiger partial charge < -0.3 is 24.4 Å². The van der Waals surface area contributed by atoms with Crippen LogP contribution in [-0.2, 0) is 14.6 Å². The summed E-state index contributed by atoms with van der Waals surface area (Å²) >= 11 is 0. The third-order valence-corrected chi connectivity index (χ3v) is 8.62. The van der Waals surface area contributed by atoms with E-state index in [1.807, 2.05) is 28.9 Å². The third-order valence-electron chi connectivity index (χ3n) is 7.49. The van der Waals surface area contributed by atoms with E-state index in [0.717, 1.165) is 60.9 Å². The van der Waals surface area contributed by atoms with Crippen molar-refractivity contribution in [1.82, 2.24) is 24.7 Å². The van der Waals surface area contributed by atoms with Gasteiger partial charge in [0, 0.05) is 57.3 Å². The molecule has 0 amide bonds. The van der Waals surface area contributed by atoms with Crippen LogP contribution in [0.25, 0.3) is 16.6 Å². The molecule has 0 spiro atoms. The number of aromatic amines is 1. The summed E-state index contributed by atoms with van der Waals surface area (Å²) in [6, 6.07) is 8.72. The van der Waals surface area contributed by atoms with Gasteiger partial charge in [-0.15, -0.1) is 5.10 Å². The van der Waals surface area contributed by atoms with Gasteiger partial charge in [-0.3, -0.25) is 10.00 Å². The highest BCUT2D eigenvalue weighted by molar-refractivity contribution is 7.90. The minimum atomic E-state index is -3.27. The maximum atomic E-state index is 11.9. The van der Waals surface area contributed by atoms with Gasteiger partial charge in [-0.05, 0) is 24.3 Å². The highest BCUT2D eigenvalue weighted by Gasteiger charge is 2.29. The standard InChI is InChI=1S/C26H33N7O5S/c1-39(35,36)22-4-2-19(3-5-22)32-7-6-31(16-20(32)18-34)24-14-21(38-13-10-30-8-11-37-12-9-30)17-33-25(24)23-15-27-28-26(23)29-33/h2-5,14-15,17,20,34H,6-13,16,18H2,1H3,(H,28,29). The van der Waals surface area contributed by atoms with Crippen LogP contribution in [0.3, 0.4) is 0 Å². The van der Waals surface area contributed by atoms with E-state index in [2.05, 4.69) is 30.0 Å². The van der Waals surface area contributed by atoms with Crippen molar-refractivity contribution in [3.8, 4) is 5.75 Å². The van der Waals surface area contributed by atoms with Gasteiger partial charge in [0.15, 0.2) is 15.5 Å². The fraction of sp³-hybridized carbons (Fsp3) is 0.462. The van der Waals surface area contributed by atoms with Crippen LogP contribution in [0.15, 0.2) is 47.6 Å². The van der Waals surface area contributed by atoms with Gasteiger partial charge in [0.2, 0.25) is 0 Å². The van der Waals surface area contributed by atoms with Crippen LogP contribution in [0, 0.1) is 0 Å². The Morgan fingerprint density at radius 2 is 1.95 bits per heavy atom. The van der Waals surface area contributed by atoms with Crippen LogP contribution in [0.2, 0.25) is 0 Å². The van der Waals surface area contributed by atoms with E-state index in [-0.39, 0.29) is 17.5 Å². The van der Waals surface area contributed by atoms with Crippen molar-refractivity contribution in [3.63, 3.8) is 0 Å². The number of aromatic nitrogens is 4. The van der Waals surface area contributed by atoms with E-state index < -0.39 is 9.84 Å². The largest absolute Gasteiger partial charge is 0.491 e. The average Bonchev–Trinajstić information content (AvgIpc) is 3.54. The molecule has 0 bridgehead atoms. The topological polar surface area (TPSA) is 129 Å². The molecule has 12 nitrogen and oxygen atoms in total. The Morgan fingerprint density at radius 1 is 1.15 bits per heavy atom. The number of piperazine rings is 1. The molecule has 2 N–H and O–H groups in total. The number of nitrogens with zero attached hydrogens (tertiary/aromatic N) is 6. The SMILES string of the molecule is CS(=O)(=O)c1ccc(N2CCN(c3cc(OCCN4CCOCC4)cn4nc5[nH]ncc5c34)CC2CO)cc1. The number of hydrogen-bond acceptors (Lipinski definition) is 10. The molecular formula is C26H33N7O5S. The number of pyridine rings is 1. The monoisotopic (exact) mass is 555 g/mol. The highest BCUT2D eigenvalue weighted by atomic mass is 32.2. The van der Waals surface area contributed by atoms with E-state index in [1.165, 1.54) is 6.26 Å². The molecule has 2 fully saturated rings. The van der Waals surface area contributed by atoms with Crippen molar-refractivity contribution < 1.29 is 23.0 Å². The van der Waals surface area contributed by atoms with Crippen LogP contribution >= 0.6 is 0 Å². The van der Waals surface area contributed by atoms with Crippen LogP contribution in [0.4, 0.5) is 11.4 Å². The van der Waals surface area contributed by atoms with Gasteiger partial charge in [0.25, 0.3) is 0 Å². The molecule has 5 heterocycles. The highest BCUT2D eigenvalue weighted by Crippen LogP contribution is 2.34. The summed E-state index contributed by atoms with van der Waals surface area (Å²) in [4.78, 5) is 7.00. The molecule has 13 heteroatoms. The van der Waals surface area contributed by atoms with E-state index in [1.54, 1.807) is 18.3 Å². The first-order valence-corrected chi connectivity index (χ1v) is 15.0. The number of morpholine rings is 1. The number of sulfone groups is 1. The summed E-state index contributed by atoms with van der Waals surface area (Å²) in [5, 5.41) is 23.1. The molecule has 39 heavy (non-hydrogen) atoms. The molecular weight excluding hydrogens is 522 g/mol. The Hall–Kier alpha value is -3.39. The van der Waals surface area contributed by atoms with Crippen LogP contribution < -0.4 is 14.5 Å². The zero-order valence-corrected chi connectivity index (χ0v) is 22.7. The number of aliphatic hydroxyl groups excluding tert-OH is 1. The number of H-pyrrole nitrogens is 1. The lowest BCUT2D eigenvalue weighted by Crippen LogP contribution is -2.55. The predicted molar refractivity (Wildman–Crippen MR) is 148 cm³/mol. The van der Waals surface area contributed by atoms with Gasteiger partial charge in [-0.25, -0.2) is 12.9 Å². The number of anilines is 2. The van der Waals surface area contributed by atoms with Crippen LogP contribution in [-0.4, -0.2) is 116 Å². The molecule has 1 unspecified atom stereocenters. The van der Waals surface area contributed by atoms with E-state index in [4.69, 9.17) is 9.47 Å². The smallest absolute Gasteiger partial charge is 0.178 e. The van der Waals surface area contributed by atoms with Crippen molar-refractivity contribution in [2.24, 2.45) is 0 Å². The summed E-state index contributed by atoms with van der Waals surface area (Å²) in [5.74, 6) is 0.725. The van der Waals surface area contributed by atoms with Crippen molar-refractivity contribution in [3.05, 3.63) is 42.7 Å². The van der Waals surface area contributed by atoms with Gasteiger partial charge >= 0.3 is 0 Å². The molecule has 2 saturated heterocycles. The first-order valence-electron chi connectivity index (χ1n) is 13.1. The second-order valence-electron chi connectivity index (χ2n) is 10.0. The molecule has 208 valence electrons. The van der Waals surface area contributed by atoms with Crippen molar-refractivity contribution >= 4 is 37.8 Å². The molecule has 2 aliphatic heterocycles. The number of benzene rings is 1. The Kier molecular flexibility index (Phi) is 7.06. The molecule has 3 aromatic heterocycles. The second-order valence-corrected chi connectivity index (χ2v) is 12.0. The zero-order chi connectivity index (χ0) is 27.0. The molecule has 2 aliphatic rings. The molecule has 4 aromatic rings. The maximum absolute atomic E-state index is 11.9. The number of rotatable bonds is 8. The second kappa shape index (κ2) is 10.6. The maximum Gasteiger partial charge on any atom is 0.178 e. The first kappa shape index (κ1) is 25.9. The van der Waals surface area contributed by atoms with Crippen LogP contribution in [0.5, 0.6) is 5.75 Å². The normalized spacial score (nSPS) is 19.3. The van der Waals surface area contributed by atoms with Crippen molar-refractivity contribution in [2.45, 2.75) is 10.9 Å². The molecule has 6 rings (SSSR count). The molecule has 1 atom stereocenters. The minimum absolute atomic E-state index is 0.0449. The lowest BCUT2D eigenvalue weighted by Gasteiger charge is -2.43. The van der Waals surface area contributed by atoms with E-state index >= 15 is 0 Å². The fourth-order valence-electron chi connectivity index (χ4n) is 5.41. The molecule has 0 radical (unpaired) electrons. The van der Waals surface area contributed by atoms with Crippen LogP contribution in [0.1, 0.15) is 0 Å². The number of ether oxygens (including phenoxy) is 2. The lowest BCUT2D eigenvalue weighted by molar-refractivity contribution is 0.0322. The van der Waals surface area contributed by atoms with Gasteiger partial charge in [0.05, 0.1) is 54.2 Å². The Balaban J connectivity index is 1.25. The zero-order valence-electron chi connectivity index (χ0n) is 21.9. The number of aliphatic hydroxyl groups is 1. The van der Waals surface area contributed by atoms with E-state index in [9.17, 15) is 13.5 Å². The van der Waals surface area contributed by atoms with E-state index in [0.29, 0.717) is 31.9 Å². The number of nitrogens with one attached hydrogen (secondary N) is 1. The predicted octanol–water partition coefficient (Wildman–Crippen LogP) is 1.01. The number of fused-ring (bicyclic) bond motifs is 3. The molecule has 1 aromatic carbocycles. The molecule has 0 saturated carbocycles. The fourth-order valence-corrected chi connectivity index (χ4v) is 6.04. The Bertz CT molecular complexity index is 1550. The quantitative estimate of drug-likeness (QED) is 0.325. The lowest BCUT2D eigenvalue weighted by atomic mass is 10.1. The molecule has 0 aliphatic carbocycles. The van der Waals surface area contributed by atoms with Crippen molar-refractivity contribution in [2.75, 3.05) is 81.8 Å². The third kappa shape index (κ3) is 5.26. The summed E-state index contributed by atoms with van der Waals surface area (Å²) in [6.45, 7) is 6.59. The first-order chi connectivity index (χ1) is 18.9.